The molecule has 4 N–H and O–H groups in total. The van der Waals surface area contributed by atoms with E-state index in [1.54, 1.807) is 23.2 Å². The van der Waals surface area contributed by atoms with Gasteiger partial charge in [-0.2, -0.15) is 0 Å². The first-order chi connectivity index (χ1) is 22.9. The predicted octanol–water partition coefficient (Wildman–Crippen LogP) is 4.48. The number of amides is 1. The van der Waals surface area contributed by atoms with Crippen LogP contribution in [0.1, 0.15) is 63.5 Å². The minimum atomic E-state index is -3.12. The van der Waals surface area contributed by atoms with Gasteiger partial charge in [0.2, 0.25) is 5.91 Å². The summed E-state index contributed by atoms with van der Waals surface area (Å²) in [4.78, 5) is 20.5. The van der Waals surface area contributed by atoms with Gasteiger partial charge in [-0.05, 0) is 78.6 Å². The Labute approximate surface area is 284 Å². The maximum Gasteiger partial charge on any atom is 0.233 e. The second-order valence-electron chi connectivity index (χ2n) is 12.6. The van der Waals surface area contributed by atoms with Crippen LogP contribution in [0.3, 0.4) is 0 Å². The van der Waals surface area contributed by atoms with Crippen molar-refractivity contribution >= 4 is 32.8 Å². The van der Waals surface area contributed by atoms with Crippen LogP contribution in [0.5, 0.6) is 0 Å². The summed E-state index contributed by atoms with van der Waals surface area (Å²) in [6.07, 6.45) is 4.73. The summed E-state index contributed by atoms with van der Waals surface area (Å²) >= 11 is 1.40. The Kier molecular flexibility index (Phi) is 11.4. The van der Waals surface area contributed by atoms with E-state index < -0.39 is 34.8 Å². The number of carbonyl (C=O) groups is 1. The third-order valence-corrected chi connectivity index (χ3v) is 10.9. The van der Waals surface area contributed by atoms with Gasteiger partial charge < -0.3 is 25.3 Å². The number of rotatable bonds is 16. The van der Waals surface area contributed by atoms with E-state index >= 15 is 0 Å². The number of thiazole rings is 1. The van der Waals surface area contributed by atoms with Crippen LogP contribution >= 0.6 is 11.3 Å². The van der Waals surface area contributed by atoms with Crippen molar-refractivity contribution in [1.29, 1.82) is 0 Å². The van der Waals surface area contributed by atoms with Gasteiger partial charge in [-0.15, -0.1) is 11.3 Å². The average Bonchev–Trinajstić information content (AvgIpc) is 3.51. The molecule has 5 rings (SSSR count). The molecule has 3 aromatic carbocycles. The van der Waals surface area contributed by atoms with E-state index in [0.29, 0.717) is 37.7 Å². The molecule has 0 unspecified atom stereocenters. The first-order valence-corrected chi connectivity index (χ1v) is 18.8. The number of sulfone groups is 1. The molecular weight excluding hydrogens is 656 g/mol. The highest BCUT2D eigenvalue weighted by Crippen LogP contribution is 2.46. The summed E-state index contributed by atoms with van der Waals surface area (Å²) in [7, 11) is -3.12. The number of aryl methyl sites for hydroxylation is 3. The molecule has 1 aliphatic rings. The van der Waals surface area contributed by atoms with E-state index in [0.717, 1.165) is 32.3 Å². The molecule has 48 heavy (non-hydrogen) atoms. The largest absolute Gasteiger partial charge is 0.393 e. The van der Waals surface area contributed by atoms with Gasteiger partial charge in [-0.25, -0.2) is 17.8 Å². The number of carbonyl (C=O) groups excluding carboxylic acids is 1. The van der Waals surface area contributed by atoms with Crippen molar-refractivity contribution < 1.29 is 38.0 Å². The zero-order valence-electron chi connectivity index (χ0n) is 26.7. The molecule has 9 nitrogen and oxygen atoms in total. The van der Waals surface area contributed by atoms with E-state index in [4.69, 9.17) is 0 Å². The molecule has 1 aliphatic heterocycles. The van der Waals surface area contributed by atoms with E-state index in [1.165, 1.54) is 29.7 Å². The second-order valence-corrected chi connectivity index (χ2v) is 16.0. The Bertz CT molecular complexity index is 1770. The van der Waals surface area contributed by atoms with Gasteiger partial charge >= 0.3 is 0 Å². The summed E-state index contributed by atoms with van der Waals surface area (Å²) in [6, 6.07) is 20.9. The number of halogens is 1. The molecule has 256 valence electrons. The van der Waals surface area contributed by atoms with Gasteiger partial charge in [-0.3, -0.25) is 4.79 Å². The number of aromatic nitrogens is 1. The lowest BCUT2D eigenvalue weighted by atomic mass is 9.78. The second kappa shape index (κ2) is 15.4. The van der Waals surface area contributed by atoms with Gasteiger partial charge in [0.1, 0.15) is 11.4 Å². The molecule has 4 aromatic rings. The number of aliphatic hydroxyl groups excluding tert-OH is 3. The Hall–Kier alpha value is -3.52. The smallest absolute Gasteiger partial charge is 0.233 e. The Morgan fingerprint density at radius 2 is 1.56 bits per heavy atom. The minimum Gasteiger partial charge on any atom is -0.393 e. The zero-order valence-corrected chi connectivity index (χ0v) is 28.3. The number of hydrogen-bond acceptors (Lipinski definition) is 9. The first-order valence-electron chi connectivity index (χ1n) is 15.9. The van der Waals surface area contributed by atoms with Crippen molar-refractivity contribution in [2.75, 3.05) is 24.4 Å². The van der Waals surface area contributed by atoms with Gasteiger partial charge in [0.25, 0.3) is 0 Å². The molecule has 0 radical (unpaired) electrons. The highest BCUT2D eigenvalue weighted by atomic mass is 32.2. The van der Waals surface area contributed by atoms with Crippen molar-refractivity contribution in [2.24, 2.45) is 5.92 Å². The molecule has 1 aromatic heterocycles. The van der Waals surface area contributed by atoms with Crippen LogP contribution in [-0.2, 0) is 39.6 Å². The maximum atomic E-state index is 13.7. The quantitative estimate of drug-likeness (QED) is 0.126. The fraction of sp³-hybridized carbons (Fsp3) is 0.389. The highest BCUT2D eigenvalue weighted by molar-refractivity contribution is 7.90. The lowest BCUT2D eigenvalue weighted by molar-refractivity contribution is -0.131. The predicted molar refractivity (Wildman–Crippen MR) is 183 cm³/mol. The topological polar surface area (TPSA) is 148 Å². The van der Waals surface area contributed by atoms with Gasteiger partial charge in [0.05, 0.1) is 42.0 Å². The average molecular weight is 697 g/mol. The van der Waals surface area contributed by atoms with Crippen LogP contribution < -0.4 is 4.90 Å². The van der Waals surface area contributed by atoms with Crippen LogP contribution in [0.25, 0.3) is 0 Å². The Morgan fingerprint density at radius 1 is 0.938 bits per heavy atom. The molecule has 2 heterocycles. The van der Waals surface area contributed by atoms with Crippen molar-refractivity contribution in [2.45, 2.75) is 62.0 Å². The summed E-state index contributed by atoms with van der Waals surface area (Å²) in [6.45, 7) is -1.08. The van der Waals surface area contributed by atoms with E-state index in [1.807, 2.05) is 48.5 Å². The van der Waals surface area contributed by atoms with Crippen LogP contribution in [-0.4, -0.2) is 64.8 Å². The van der Waals surface area contributed by atoms with E-state index in [-0.39, 0.29) is 35.9 Å². The molecule has 0 bridgehead atoms. The number of aliphatic hydroxyl groups is 4. The molecule has 0 saturated carbocycles. The van der Waals surface area contributed by atoms with Gasteiger partial charge in [-0.1, -0.05) is 48.5 Å². The first kappa shape index (κ1) is 35.8. The Morgan fingerprint density at radius 3 is 2.19 bits per heavy atom. The van der Waals surface area contributed by atoms with Gasteiger partial charge in [0.15, 0.2) is 9.84 Å². The van der Waals surface area contributed by atoms with Crippen molar-refractivity contribution in [1.82, 2.24) is 4.98 Å². The molecule has 1 saturated heterocycles. The fourth-order valence-electron chi connectivity index (χ4n) is 6.02. The van der Waals surface area contributed by atoms with Crippen LogP contribution in [0.4, 0.5) is 10.1 Å². The molecule has 1 amide bonds. The SMILES string of the molecule is CS(=O)(=O)Cc1cnc(CCc2ccc(N3C(=O)[C@H](CC[C@H](O)c4ccc(F)cc4)[C@H]3c3ccc(CCC(O)(CO)CO)cc3)cc2)s1. The summed E-state index contributed by atoms with van der Waals surface area (Å²) in [5.74, 6) is -0.841. The zero-order chi connectivity index (χ0) is 34.5. The number of nitrogens with zero attached hydrogens (tertiary/aromatic N) is 2. The van der Waals surface area contributed by atoms with Crippen LogP contribution in [0.15, 0.2) is 79.0 Å². The molecule has 12 heteroatoms. The van der Waals surface area contributed by atoms with Crippen LogP contribution in [0.2, 0.25) is 0 Å². The standard InChI is InChI=1S/C36H41FN2O7S2/c1-48(45,46)21-30-20-38-33(47-30)17-6-24-4-13-29(14-5-24)39-34(27-7-2-25(3-8-27)18-19-36(44,22-40)23-41)31(35(39)43)15-16-32(42)26-9-11-28(37)12-10-26/h2-5,7-14,20,31-32,34,40-42,44H,6,15-19,21-23H2,1H3/t31-,32+,34-/m1/s1. The molecule has 0 aliphatic carbocycles. The highest BCUT2D eigenvalue weighted by Gasteiger charge is 2.48. The van der Waals surface area contributed by atoms with Crippen molar-refractivity contribution in [3.8, 4) is 0 Å². The Balaban J connectivity index is 1.29. The monoisotopic (exact) mass is 696 g/mol. The third kappa shape index (κ3) is 8.93. The summed E-state index contributed by atoms with van der Waals surface area (Å²) in [5, 5.41) is 40.7. The number of anilines is 1. The lowest BCUT2D eigenvalue weighted by Crippen LogP contribution is -2.55. The number of hydrogen-bond donors (Lipinski definition) is 4. The lowest BCUT2D eigenvalue weighted by Gasteiger charge is -2.48. The van der Waals surface area contributed by atoms with Crippen molar-refractivity contribution in [3.63, 3.8) is 0 Å². The molecular formula is C36H41FN2O7S2. The van der Waals surface area contributed by atoms with E-state index in [9.17, 15) is 38.0 Å². The fourth-order valence-corrected chi connectivity index (χ4v) is 8.20. The van der Waals surface area contributed by atoms with Crippen LogP contribution in [0, 0.1) is 11.7 Å². The molecule has 0 spiro atoms. The van der Waals surface area contributed by atoms with Gasteiger partial charge in [0, 0.05) is 29.4 Å². The minimum absolute atomic E-state index is 0.0178. The number of β-lactam (4-membered cyclic amide) rings is 1. The number of benzene rings is 3. The van der Waals surface area contributed by atoms with E-state index in [2.05, 4.69) is 4.98 Å². The summed E-state index contributed by atoms with van der Waals surface area (Å²) < 4.78 is 36.6. The molecule has 3 atom stereocenters. The maximum absolute atomic E-state index is 13.7. The third-order valence-electron chi connectivity index (χ3n) is 8.86. The summed E-state index contributed by atoms with van der Waals surface area (Å²) in [5.41, 5.74) is 2.65. The van der Waals surface area contributed by atoms with Crippen molar-refractivity contribution in [3.05, 3.63) is 117 Å². The normalized spacial score (nSPS) is 17.4. The molecule has 1 fully saturated rings.